The fourth-order valence-corrected chi connectivity index (χ4v) is 6.00. The molecule has 0 aromatic heterocycles. The minimum Gasteiger partial charge on any atom is -0.497 e. The molecule has 260 valence electrons. The van der Waals surface area contributed by atoms with Crippen LogP contribution >= 0.6 is 11.8 Å². The minimum atomic E-state index is -0.606. The van der Waals surface area contributed by atoms with Crippen LogP contribution in [0.5, 0.6) is 23.0 Å². The Bertz CT molecular complexity index is 1980. The molecule has 0 aliphatic carbocycles. The van der Waals surface area contributed by atoms with E-state index in [-0.39, 0.29) is 11.6 Å². The number of benzene rings is 5. The molecule has 1 unspecified atom stereocenters. The van der Waals surface area contributed by atoms with Gasteiger partial charge < -0.3 is 34.9 Å². The Balaban J connectivity index is 1.36. The molecular formula is C40H37N3O7S. The smallest absolute Gasteiger partial charge is 0.272 e. The van der Waals surface area contributed by atoms with E-state index >= 15 is 0 Å². The second-order valence-corrected chi connectivity index (χ2v) is 12.1. The van der Waals surface area contributed by atoms with E-state index in [0.29, 0.717) is 45.5 Å². The lowest BCUT2D eigenvalue weighted by molar-refractivity contribution is -0.116. The Morgan fingerprint density at radius 2 is 1.25 bits per heavy atom. The lowest BCUT2D eigenvalue weighted by atomic mass is 10.1. The van der Waals surface area contributed by atoms with Gasteiger partial charge in [0.05, 0.1) is 28.4 Å². The van der Waals surface area contributed by atoms with Gasteiger partial charge >= 0.3 is 0 Å². The van der Waals surface area contributed by atoms with Gasteiger partial charge in [0.25, 0.3) is 11.8 Å². The number of nitrogens with one attached hydrogen (secondary N) is 3. The minimum absolute atomic E-state index is 0.000701. The van der Waals surface area contributed by atoms with Crippen LogP contribution in [0.1, 0.15) is 26.7 Å². The van der Waals surface area contributed by atoms with Crippen LogP contribution in [0.3, 0.4) is 0 Å². The highest BCUT2D eigenvalue weighted by Gasteiger charge is 2.23. The highest BCUT2D eigenvalue weighted by molar-refractivity contribution is 8.00. The predicted molar refractivity (Wildman–Crippen MR) is 200 cm³/mol. The summed E-state index contributed by atoms with van der Waals surface area (Å²) < 4.78 is 21.5. The lowest BCUT2D eigenvalue weighted by Crippen LogP contribution is -2.30. The first kappa shape index (κ1) is 36.1. The second-order valence-electron chi connectivity index (χ2n) is 11.0. The largest absolute Gasteiger partial charge is 0.497 e. The van der Waals surface area contributed by atoms with Gasteiger partial charge in [-0.05, 0) is 60.2 Å². The highest BCUT2D eigenvalue weighted by atomic mass is 32.2. The number of rotatable bonds is 14. The molecule has 11 heteroatoms. The highest BCUT2D eigenvalue weighted by Crippen LogP contribution is 2.37. The summed E-state index contributed by atoms with van der Waals surface area (Å²) in [6, 6.07) is 35.5. The van der Waals surface area contributed by atoms with Gasteiger partial charge in [0, 0.05) is 51.7 Å². The monoisotopic (exact) mass is 703 g/mol. The maximum absolute atomic E-state index is 13.7. The van der Waals surface area contributed by atoms with E-state index in [2.05, 4.69) is 16.0 Å². The molecule has 10 nitrogen and oxygen atoms in total. The van der Waals surface area contributed by atoms with E-state index in [1.165, 1.54) is 18.9 Å². The maximum Gasteiger partial charge on any atom is 0.272 e. The Morgan fingerprint density at radius 3 is 1.86 bits per heavy atom. The Morgan fingerprint density at radius 1 is 0.627 bits per heavy atom. The van der Waals surface area contributed by atoms with Crippen LogP contribution < -0.4 is 34.9 Å². The molecule has 1 atom stereocenters. The van der Waals surface area contributed by atoms with Crippen molar-refractivity contribution >= 4 is 46.9 Å². The van der Waals surface area contributed by atoms with Crippen LogP contribution in [0.2, 0.25) is 0 Å². The van der Waals surface area contributed by atoms with Crippen molar-refractivity contribution in [2.75, 3.05) is 39.1 Å². The van der Waals surface area contributed by atoms with E-state index in [1.54, 1.807) is 106 Å². The Kier molecular flexibility index (Phi) is 12.4. The van der Waals surface area contributed by atoms with Crippen molar-refractivity contribution in [3.05, 3.63) is 144 Å². The van der Waals surface area contributed by atoms with Crippen molar-refractivity contribution < 1.29 is 33.3 Å². The standard InChI is InChI=1S/C40H37N3O7S/c1-47-31-18-15-28(36(25-31)50-4)21-35(43-38(44)27-13-9-6-10-14-27)39(45)41-29-16-19-34(20-17-29)51-37(26-11-7-5-8-12-26)40(46)42-30-22-32(48-2)24-33(23-30)49-3/h5-25,37H,1-4H3,(H,41,45)(H,42,46)(H,43,44)/b35-21-. The van der Waals surface area contributed by atoms with E-state index in [9.17, 15) is 14.4 Å². The van der Waals surface area contributed by atoms with Gasteiger partial charge in [0.1, 0.15) is 33.9 Å². The van der Waals surface area contributed by atoms with Gasteiger partial charge in [0.15, 0.2) is 0 Å². The van der Waals surface area contributed by atoms with Crippen molar-refractivity contribution in [3.63, 3.8) is 0 Å². The molecule has 5 aromatic rings. The fourth-order valence-electron chi connectivity index (χ4n) is 4.98. The van der Waals surface area contributed by atoms with Gasteiger partial charge in [-0.15, -0.1) is 11.8 Å². The second kappa shape index (κ2) is 17.5. The van der Waals surface area contributed by atoms with E-state index in [4.69, 9.17) is 18.9 Å². The number of carbonyl (C=O) groups is 3. The number of anilines is 2. The molecule has 0 saturated heterocycles. The van der Waals surface area contributed by atoms with Crippen molar-refractivity contribution in [1.82, 2.24) is 5.32 Å². The zero-order valence-corrected chi connectivity index (χ0v) is 29.3. The van der Waals surface area contributed by atoms with Crippen LogP contribution in [-0.4, -0.2) is 46.2 Å². The summed E-state index contributed by atoms with van der Waals surface area (Å²) in [6.07, 6.45) is 1.54. The fraction of sp³-hybridized carbons (Fsp3) is 0.125. The normalized spacial score (nSPS) is 11.5. The molecule has 0 saturated carbocycles. The first-order chi connectivity index (χ1) is 24.8. The Labute approximate surface area is 300 Å². The van der Waals surface area contributed by atoms with Crippen LogP contribution in [0, 0.1) is 0 Å². The quantitative estimate of drug-likeness (QED) is 0.0798. The number of thioether (sulfide) groups is 1. The van der Waals surface area contributed by atoms with Crippen molar-refractivity contribution in [1.29, 1.82) is 0 Å². The summed E-state index contributed by atoms with van der Waals surface area (Å²) in [7, 11) is 6.15. The SMILES string of the molecule is COc1cc(NC(=O)C(Sc2ccc(NC(=O)/C(=C/c3ccc(OC)cc3OC)NC(=O)c3ccccc3)cc2)c2ccccc2)cc(OC)c1. The summed E-state index contributed by atoms with van der Waals surface area (Å²) in [4.78, 5) is 41.3. The molecule has 51 heavy (non-hydrogen) atoms. The van der Waals surface area contributed by atoms with Gasteiger partial charge in [0.2, 0.25) is 5.91 Å². The summed E-state index contributed by atoms with van der Waals surface area (Å²) in [5, 5.41) is 7.99. The van der Waals surface area contributed by atoms with Crippen LogP contribution in [0.15, 0.2) is 132 Å². The molecule has 0 radical (unpaired) electrons. The number of carbonyl (C=O) groups excluding carboxylic acids is 3. The summed E-state index contributed by atoms with van der Waals surface area (Å²) in [5.41, 5.74) is 2.77. The first-order valence-electron chi connectivity index (χ1n) is 15.8. The van der Waals surface area contributed by atoms with E-state index in [0.717, 1.165) is 10.5 Å². The number of methoxy groups -OCH3 is 4. The molecule has 0 fully saturated rings. The summed E-state index contributed by atoms with van der Waals surface area (Å²) in [6.45, 7) is 0. The molecule has 5 rings (SSSR count). The van der Waals surface area contributed by atoms with Crippen molar-refractivity contribution in [2.45, 2.75) is 10.1 Å². The molecule has 0 bridgehead atoms. The lowest BCUT2D eigenvalue weighted by Gasteiger charge is -2.18. The molecule has 0 aliphatic rings. The zero-order chi connectivity index (χ0) is 36.2. The van der Waals surface area contributed by atoms with Gasteiger partial charge in [-0.1, -0.05) is 48.5 Å². The number of ether oxygens (including phenoxy) is 4. The van der Waals surface area contributed by atoms with Gasteiger partial charge in [-0.25, -0.2) is 0 Å². The maximum atomic E-state index is 13.7. The average Bonchev–Trinajstić information content (AvgIpc) is 3.17. The van der Waals surface area contributed by atoms with Gasteiger partial charge in [-0.2, -0.15) is 0 Å². The van der Waals surface area contributed by atoms with Crippen molar-refractivity contribution in [2.24, 2.45) is 0 Å². The molecule has 3 amide bonds. The van der Waals surface area contributed by atoms with E-state index < -0.39 is 17.1 Å². The number of amides is 3. The van der Waals surface area contributed by atoms with Crippen LogP contribution in [0.4, 0.5) is 11.4 Å². The Hall–Kier alpha value is -6.20. The summed E-state index contributed by atoms with van der Waals surface area (Å²) in [5.74, 6) is 0.892. The summed E-state index contributed by atoms with van der Waals surface area (Å²) >= 11 is 1.36. The molecule has 0 aliphatic heterocycles. The third kappa shape index (κ3) is 9.71. The van der Waals surface area contributed by atoms with Crippen LogP contribution in [0.25, 0.3) is 6.08 Å². The molecule has 3 N–H and O–H groups in total. The molecule has 0 spiro atoms. The zero-order valence-electron chi connectivity index (χ0n) is 28.5. The molecule has 5 aromatic carbocycles. The van der Waals surface area contributed by atoms with Crippen LogP contribution in [-0.2, 0) is 9.59 Å². The third-order valence-electron chi connectivity index (χ3n) is 7.59. The average molecular weight is 704 g/mol. The number of hydrogen-bond acceptors (Lipinski definition) is 8. The molecular weight excluding hydrogens is 667 g/mol. The van der Waals surface area contributed by atoms with E-state index in [1.807, 2.05) is 42.5 Å². The predicted octanol–water partition coefficient (Wildman–Crippen LogP) is 7.60. The van der Waals surface area contributed by atoms with Gasteiger partial charge in [-0.3, -0.25) is 14.4 Å². The number of hydrogen-bond donors (Lipinski definition) is 3. The topological polar surface area (TPSA) is 124 Å². The first-order valence-corrected chi connectivity index (χ1v) is 16.6. The third-order valence-corrected chi connectivity index (χ3v) is 8.86. The van der Waals surface area contributed by atoms with Crippen molar-refractivity contribution in [3.8, 4) is 23.0 Å². The molecule has 0 heterocycles.